The average Bonchev–Trinajstić information content (AvgIpc) is 3.18. The largest absolute Gasteiger partial charge is 0.372 e. The summed E-state index contributed by atoms with van der Waals surface area (Å²) in [6.45, 7) is 2.34. The summed E-state index contributed by atoms with van der Waals surface area (Å²) in [5.41, 5.74) is 2.33. The predicted octanol–water partition coefficient (Wildman–Crippen LogP) is 4.57. The van der Waals surface area contributed by atoms with Crippen molar-refractivity contribution in [3.63, 3.8) is 0 Å². The van der Waals surface area contributed by atoms with Crippen LogP contribution in [0.2, 0.25) is 0 Å². The van der Waals surface area contributed by atoms with Gasteiger partial charge in [-0.15, -0.1) is 0 Å². The van der Waals surface area contributed by atoms with Crippen molar-refractivity contribution in [2.24, 2.45) is 0 Å². The van der Waals surface area contributed by atoms with Crippen LogP contribution in [0.3, 0.4) is 0 Å². The highest BCUT2D eigenvalue weighted by molar-refractivity contribution is 5.60. The van der Waals surface area contributed by atoms with Gasteiger partial charge in [-0.05, 0) is 56.0 Å². The van der Waals surface area contributed by atoms with Crippen molar-refractivity contribution in [2.45, 2.75) is 51.0 Å². The summed E-state index contributed by atoms with van der Waals surface area (Å²) in [5, 5.41) is 6.87. The van der Waals surface area contributed by atoms with Crippen molar-refractivity contribution < 1.29 is 0 Å². The van der Waals surface area contributed by atoms with Crippen LogP contribution < -0.4 is 15.5 Å². The van der Waals surface area contributed by atoms with Gasteiger partial charge in [0.2, 0.25) is 5.95 Å². The Morgan fingerprint density at radius 3 is 2.40 bits per heavy atom. The number of aromatic nitrogens is 2. The van der Waals surface area contributed by atoms with Gasteiger partial charge in [0.1, 0.15) is 5.82 Å². The second-order valence-electron chi connectivity index (χ2n) is 7.11. The maximum Gasteiger partial charge on any atom is 0.229 e. The number of rotatable bonds is 5. The van der Waals surface area contributed by atoms with E-state index in [1.807, 2.05) is 12.3 Å². The van der Waals surface area contributed by atoms with Crippen LogP contribution in [-0.4, -0.2) is 29.1 Å². The molecule has 0 bridgehead atoms. The molecule has 0 amide bonds. The number of anilines is 4. The molecule has 5 heteroatoms. The molecule has 0 atom stereocenters. The van der Waals surface area contributed by atoms with Crippen molar-refractivity contribution in [3.05, 3.63) is 36.5 Å². The van der Waals surface area contributed by atoms with Gasteiger partial charge in [0.15, 0.2) is 0 Å². The topological polar surface area (TPSA) is 53.1 Å². The fraction of sp³-hybridized carbons (Fsp3) is 0.500. The quantitative estimate of drug-likeness (QED) is 0.837. The van der Waals surface area contributed by atoms with E-state index in [9.17, 15) is 0 Å². The Kier molecular flexibility index (Phi) is 5.00. The van der Waals surface area contributed by atoms with E-state index in [1.54, 1.807) is 0 Å². The van der Waals surface area contributed by atoms with Gasteiger partial charge in [0.25, 0.3) is 0 Å². The smallest absolute Gasteiger partial charge is 0.229 e. The molecule has 2 aliphatic rings. The van der Waals surface area contributed by atoms with Gasteiger partial charge in [-0.3, -0.25) is 0 Å². The van der Waals surface area contributed by atoms with E-state index in [-0.39, 0.29) is 0 Å². The number of nitrogens with zero attached hydrogens (tertiary/aromatic N) is 3. The van der Waals surface area contributed by atoms with Crippen LogP contribution in [0, 0.1) is 0 Å². The van der Waals surface area contributed by atoms with E-state index in [1.165, 1.54) is 63.7 Å². The molecule has 132 valence electrons. The Labute approximate surface area is 149 Å². The van der Waals surface area contributed by atoms with E-state index in [4.69, 9.17) is 0 Å². The molecule has 0 spiro atoms. The molecular formula is C20H27N5. The van der Waals surface area contributed by atoms with Gasteiger partial charge in [-0.2, -0.15) is 4.98 Å². The molecule has 25 heavy (non-hydrogen) atoms. The molecule has 4 rings (SSSR count). The Bertz CT molecular complexity index is 673. The molecule has 1 aliphatic carbocycles. The Morgan fingerprint density at radius 1 is 0.880 bits per heavy atom. The molecule has 2 N–H and O–H groups in total. The first kappa shape index (κ1) is 16.2. The van der Waals surface area contributed by atoms with Crippen LogP contribution in [0.1, 0.15) is 44.9 Å². The van der Waals surface area contributed by atoms with Gasteiger partial charge in [-0.25, -0.2) is 4.98 Å². The van der Waals surface area contributed by atoms with Crippen LogP contribution in [0.5, 0.6) is 0 Å². The molecule has 0 unspecified atom stereocenters. The summed E-state index contributed by atoms with van der Waals surface area (Å²) >= 11 is 0. The fourth-order valence-corrected chi connectivity index (χ4v) is 3.82. The SMILES string of the molecule is c1cc(NC2CCCCC2)nc(Nc2ccc(N3CCCC3)cc2)n1. The molecule has 2 aromatic rings. The number of hydrogen-bond acceptors (Lipinski definition) is 5. The molecule has 5 nitrogen and oxygen atoms in total. The third kappa shape index (κ3) is 4.21. The lowest BCUT2D eigenvalue weighted by Crippen LogP contribution is -2.22. The van der Waals surface area contributed by atoms with Gasteiger partial charge in [0.05, 0.1) is 0 Å². The second-order valence-corrected chi connectivity index (χ2v) is 7.11. The van der Waals surface area contributed by atoms with Crippen molar-refractivity contribution >= 4 is 23.1 Å². The van der Waals surface area contributed by atoms with E-state index >= 15 is 0 Å². The lowest BCUT2D eigenvalue weighted by molar-refractivity contribution is 0.462. The molecular weight excluding hydrogens is 310 g/mol. The van der Waals surface area contributed by atoms with Crippen LogP contribution in [0.25, 0.3) is 0 Å². The highest BCUT2D eigenvalue weighted by atomic mass is 15.2. The Hall–Kier alpha value is -2.30. The molecule has 2 fully saturated rings. The number of hydrogen-bond donors (Lipinski definition) is 2. The summed E-state index contributed by atoms with van der Waals surface area (Å²) in [6, 6.07) is 11.1. The third-order valence-electron chi connectivity index (χ3n) is 5.21. The van der Waals surface area contributed by atoms with E-state index in [0.717, 1.165) is 11.5 Å². The summed E-state index contributed by atoms with van der Waals surface area (Å²) in [6.07, 6.45) is 10.9. The van der Waals surface area contributed by atoms with E-state index < -0.39 is 0 Å². The molecule has 0 radical (unpaired) electrons. The van der Waals surface area contributed by atoms with Crippen molar-refractivity contribution in [2.75, 3.05) is 28.6 Å². The van der Waals surface area contributed by atoms with E-state index in [2.05, 4.69) is 49.8 Å². The van der Waals surface area contributed by atoms with Crippen LogP contribution >= 0.6 is 0 Å². The van der Waals surface area contributed by atoms with Gasteiger partial charge in [-0.1, -0.05) is 19.3 Å². The number of nitrogens with one attached hydrogen (secondary N) is 2. The first-order chi connectivity index (χ1) is 12.4. The lowest BCUT2D eigenvalue weighted by atomic mass is 9.95. The number of benzene rings is 1. The highest BCUT2D eigenvalue weighted by Gasteiger charge is 2.14. The molecule has 1 aromatic heterocycles. The lowest BCUT2D eigenvalue weighted by Gasteiger charge is -2.23. The second kappa shape index (κ2) is 7.72. The average molecular weight is 337 g/mol. The summed E-state index contributed by atoms with van der Waals surface area (Å²) in [5.74, 6) is 1.56. The summed E-state index contributed by atoms with van der Waals surface area (Å²) < 4.78 is 0. The normalized spacial score (nSPS) is 18.3. The molecule has 1 saturated carbocycles. The van der Waals surface area contributed by atoms with Crippen LogP contribution in [-0.2, 0) is 0 Å². The summed E-state index contributed by atoms with van der Waals surface area (Å²) in [7, 11) is 0. The van der Waals surface area contributed by atoms with Crippen LogP contribution in [0.15, 0.2) is 36.5 Å². The van der Waals surface area contributed by atoms with Crippen molar-refractivity contribution in [1.29, 1.82) is 0 Å². The standard InChI is InChI=1S/C20H27N5/c1-2-6-16(7-3-1)22-19-12-13-21-20(24-19)23-17-8-10-18(11-9-17)25-14-4-5-15-25/h8-13,16H,1-7,14-15H2,(H2,21,22,23,24). The summed E-state index contributed by atoms with van der Waals surface area (Å²) in [4.78, 5) is 11.4. The van der Waals surface area contributed by atoms with Crippen LogP contribution in [0.4, 0.5) is 23.1 Å². The minimum Gasteiger partial charge on any atom is -0.372 e. The minimum atomic E-state index is 0.552. The first-order valence-corrected chi connectivity index (χ1v) is 9.58. The predicted molar refractivity (Wildman–Crippen MR) is 104 cm³/mol. The molecule has 1 aromatic carbocycles. The van der Waals surface area contributed by atoms with Gasteiger partial charge >= 0.3 is 0 Å². The third-order valence-corrected chi connectivity index (χ3v) is 5.21. The monoisotopic (exact) mass is 337 g/mol. The molecule has 1 aliphatic heterocycles. The van der Waals surface area contributed by atoms with Gasteiger partial charge < -0.3 is 15.5 Å². The highest BCUT2D eigenvalue weighted by Crippen LogP contribution is 2.24. The van der Waals surface area contributed by atoms with Crippen molar-refractivity contribution in [3.8, 4) is 0 Å². The molecule has 2 heterocycles. The Balaban J connectivity index is 1.39. The van der Waals surface area contributed by atoms with Crippen molar-refractivity contribution in [1.82, 2.24) is 9.97 Å². The Morgan fingerprint density at radius 2 is 1.64 bits per heavy atom. The molecule has 1 saturated heterocycles. The van der Waals surface area contributed by atoms with E-state index in [0.29, 0.717) is 12.0 Å². The maximum atomic E-state index is 4.62. The van der Waals surface area contributed by atoms with Gasteiger partial charge in [0, 0.05) is 36.7 Å². The fourth-order valence-electron chi connectivity index (χ4n) is 3.82. The zero-order valence-electron chi connectivity index (χ0n) is 14.7. The minimum absolute atomic E-state index is 0.552. The maximum absolute atomic E-state index is 4.62. The zero-order valence-corrected chi connectivity index (χ0v) is 14.7. The zero-order chi connectivity index (χ0) is 16.9. The first-order valence-electron chi connectivity index (χ1n) is 9.58.